The summed E-state index contributed by atoms with van der Waals surface area (Å²) in [6.07, 6.45) is 4.88. The molecular weight excluding hydrogens is 240 g/mol. The number of hydrogen-bond donors (Lipinski definition) is 2. The summed E-state index contributed by atoms with van der Waals surface area (Å²) in [5.41, 5.74) is 7.29. The number of benzene rings is 1. The van der Waals surface area contributed by atoms with E-state index in [2.05, 4.69) is 35.1 Å². The van der Waals surface area contributed by atoms with Crippen LogP contribution in [0.1, 0.15) is 31.2 Å². The quantitative estimate of drug-likeness (QED) is 0.606. The predicted octanol–water partition coefficient (Wildman–Crippen LogP) is 1.81. The van der Waals surface area contributed by atoms with Gasteiger partial charge in [-0.05, 0) is 37.7 Å². The third kappa shape index (κ3) is 5.01. The van der Waals surface area contributed by atoms with E-state index in [1.807, 2.05) is 6.07 Å². The predicted molar refractivity (Wildman–Crippen MR) is 74.5 cm³/mol. The Bertz CT molecular complexity index is 375. The number of carbonyl (C=O) groups is 1. The Morgan fingerprint density at radius 1 is 1.26 bits per heavy atom. The van der Waals surface area contributed by atoms with E-state index in [1.165, 1.54) is 5.56 Å². The average molecular weight is 262 g/mol. The Morgan fingerprint density at radius 3 is 2.84 bits per heavy atom. The van der Waals surface area contributed by atoms with Crippen molar-refractivity contribution < 1.29 is 9.53 Å². The van der Waals surface area contributed by atoms with E-state index in [0.717, 1.165) is 38.6 Å². The lowest BCUT2D eigenvalue weighted by Crippen LogP contribution is -2.50. The first kappa shape index (κ1) is 14.0. The lowest BCUT2D eigenvalue weighted by atomic mass is 10.1. The molecule has 1 aromatic carbocycles. The number of rotatable bonds is 6. The van der Waals surface area contributed by atoms with Gasteiger partial charge in [-0.25, -0.2) is 5.43 Å². The molecule has 19 heavy (non-hydrogen) atoms. The zero-order chi connectivity index (χ0) is 13.3. The van der Waals surface area contributed by atoms with Crippen LogP contribution in [0.4, 0.5) is 0 Å². The highest BCUT2D eigenvalue weighted by Gasteiger charge is 2.21. The van der Waals surface area contributed by atoms with Gasteiger partial charge in [0.05, 0.1) is 6.61 Å². The fourth-order valence-corrected chi connectivity index (χ4v) is 2.19. The van der Waals surface area contributed by atoms with Crippen LogP contribution in [0, 0.1) is 0 Å². The molecule has 0 aromatic heterocycles. The second kappa shape index (κ2) is 7.92. The van der Waals surface area contributed by atoms with E-state index in [1.54, 1.807) is 0 Å². The topological polar surface area (TPSA) is 50.4 Å². The van der Waals surface area contributed by atoms with Crippen LogP contribution < -0.4 is 10.9 Å². The maximum atomic E-state index is 11.7. The van der Waals surface area contributed by atoms with E-state index in [0.29, 0.717) is 6.61 Å². The maximum Gasteiger partial charge on any atom is 0.324 e. The van der Waals surface area contributed by atoms with Crippen LogP contribution in [-0.2, 0) is 16.0 Å². The number of ether oxygens (including phenoxy) is 1. The highest BCUT2D eigenvalue weighted by atomic mass is 16.5. The van der Waals surface area contributed by atoms with Crippen molar-refractivity contribution in [3.8, 4) is 0 Å². The lowest BCUT2D eigenvalue weighted by molar-refractivity contribution is -0.147. The number of esters is 1. The summed E-state index contributed by atoms with van der Waals surface area (Å²) in [5, 5.41) is 0. The maximum absolute atomic E-state index is 11.7. The number of nitrogens with one attached hydrogen (secondary N) is 2. The van der Waals surface area contributed by atoms with Crippen LogP contribution in [0.25, 0.3) is 0 Å². The van der Waals surface area contributed by atoms with Gasteiger partial charge in [-0.3, -0.25) is 10.2 Å². The second-order valence-electron chi connectivity index (χ2n) is 4.88. The van der Waals surface area contributed by atoms with Gasteiger partial charge in [-0.1, -0.05) is 30.3 Å². The fraction of sp³-hybridized carbons (Fsp3) is 0.533. The highest BCUT2D eigenvalue weighted by molar-refractivity contribution is 5.75. The van der Waals surface area contributed by atoms with E-state index in [-0.39, 0.29) is 12.0 Å². The summed E-state index contributed by atoms with van der Waals surface area (Å²) >= 11 is 0. The first-order chi connectivity index (χ1) is 9.36. The number of aryl methyl sites for hydroxylation is 1. The molecule has 0 spiro atoms. The van der Waals surface area contributed by atoms with Gasteiger partial charge in [0, 0.05) is 6.54 Å². The van der Waals surface area contributed by atoms with Crippen LogP contribution >= 0.6 is 0 Å². The fourth-order valence-electron chi connectivity index (χ4n) is 2.19. The molecular formula is C15H22N2O2. The van der Waals surface area contributed by atoms with Crippen LogP contribution in [0.15, 0.2) is 30.3 Å². The normalized spacial score (nSPS) is 19.1. The first-order valence-corrected chi connectivity index (χ1v) is 7.05. The van der Waals surface area contributed by atoms with Crippen LogP contribution in [0.3, 0.4) is 0 Å². The summed E-state index contributed by atoms with van der Waals surface area (Å²) < 4.78 is 5.28. The molecule has 2 rings (SSSR count). The van der Waals surface area contributed by atoms with Gasteiger partial charge in [-0.15, -0.1) is 0 Å². The standard InChI is InChI=1S/C15H22N2O2/c18-15(14-10-6-11-16-17-14)19-12-5-4-9-13-7-2-1-3-8-13/h1-3,7-8,14,16-17H,4-6,9-12H2. The van der Waals surface area contributed by atoms with Gasteiger partial charge in [0.1, 0.15) is 6.04 Å². The minimum absolute atomic E-state index is 0.132. The van der Waals surface area contributed by atoms with Crippen LogP contribution in [0.2, 0.25) is 0 Å². The number of unbranched alkanes of at least 4 members (excludes halogenated alkanes) is 1. The summed E-state index contributed by atoms with van der Waals surface area (Å²) in [6, 6.07) is 10.2. The van der Waals surface area contributed by atoms with Crippen molar-refractivity contribution in [2.75, 3.05) is 13.2 Å². The molecule has 1 atom stereocenters. The van der Waals surface area contributed by atoms with Crippen molar-refractivity contribution in [2.45, 2.75) is 38.1 Å². The Hall–Kier alpha value is -1.39. The van der Waals surface area contributed by atoms with Crippen molar-refractivity contribution in [3.05, 3.63) is 35.9 Å². The van der Waals surface area contributed by atoms with Crippen molar-refractivity contribution in [3.63, 3.8) is 0 Å². The molecule has 0 aliphatic carbocycles. The summed E-state index contributed by atoms with van der Waals surface area (Å²) in [7, 11) is 0. The zero-order valence-electron chi connectivity index (χ0n) is 11.2. The highest BCUT2D eigenvalue weighted by Crippen LogP contribution is 2.06. The minimum Gasteiger partial charge on any atom is -0.464 e. The average Bonchev–Trinajstić information content (AvgIpc) is 2.49. The number of carbonyl (C=O) groups excluding carboxylic acids is 1. The van der Waals surface area contributed by atoms with Gasteiger partial charge in [0.2, 0.25) is 0 Å². The molecule has 0 bridgehead atoms. The molecule has 1 aliphatic rings. The molecule has 1 aliphatic heterocycles. The minimum atomic E-state index is -0.178. The molecule has 1 unspecified atom stereocenters. The number of hydrogen-bond acceptors (Lipinski definition) is 4. The molecule has 0 saturated carbocycles. The number of hydrazine groups is 1. The van der Waals surface area contributed by atoms with E-state index in [4.69, 9.17) is 4.74 Å². The van der Waals surface area contributed by atoms with Gasteiger partial charge in [0.15, 0.2) is 0 Å². The molecule has 2 N–H and O–H groups in total. The van der Waals surface area contributed by atoms with Crippen molar-refractivity contribution in [2.24, 2.45) is 0 Å². The van der Waals surface area contributed by atoms with Crippen molar-refractivity contribution >= 4 is 5.97 Å². The third-order valence-corrected chi connectivity index (χ3v) is 3.30. The zero-order valence-corrected chi connectivity index (χ0v) is 11.2. The Morgan fingerprint density at radius 2 is 2.11 bits per heavy atom. The second-order valence-corrected chi connectivity index (χ2v) is 4.88. The first-order valence-electron chi connectivity index (χ1n) is 7.05. The van der Waals surface area contributed by atoms with Crippen LogP contribution in [0.5, 0.6) is 0 Å². The smallest absolute Gasteiger partial charge is 0.324 e. The van der Waals surface area contributed by atoms with E-state index in [9.17, 15) is 4.79 Å². The largest absolute Gasteiger partial charge is 0.464 e. The molecule has 4 heteroatoms. The van der Waals surface area contributed by atoms with Gasteiger partial charge in [-0.2, -0.15) is 0 Å². The van der Waals surface area contributed by atoms with E-state index >= 15 is 0 Å². The molecule has 1 saturated heterocycles. The lowest BCUT2D eigenvalue weighted by Gasteiger charge is -2.22. The van der Waals surface area contributed by atoms with E-state index < -0.39 is 0 Å². The third-order valence-electron chi connectivity index (χ3n) is 3.30. The SMILES string of the molecule is O=C(OCCCCc1ccccc1)C1CCCNN1. The molecule has 4 nitrogen and oxygen atoms in total. The Kier molecular flexibility index (Phi) is 5.85. The van der Waals surface area contributed by atoms with Crippen molar-refractivity contribution in [1.29, 1.82) is 0 Å². The van der Waals surface area contributed by atoms with Crippen molar-refractivity contribution in [1.82, 2.24) is 10.9 Å². The summed E-state index contributed by atoms with van der Waals surface area (Å²) in [5.74, 6) is -0.132. The van der Waals surface area contributed by atoms with Gasteiger partial charge in [0.25, 0.3) is 0 Å². The molecule has 0 radical (unpaired) electrons. The summed E-state index contributed by atoms with van der Waals surface area (Å²) in [6.45, 7) is 1.44. The molecule has 1 aromatic rings. The molecule has 104 valence electrons. The Labute approximate surface area is 114 Å². The molecule has 1 heterocycles. The molecule has 1 fully saturated rings. The Balaban J connectivity index is 1.55. The van der Waals surface area contributed by atoms with Gasteiger partial charge >= 0.3 is 5.97 Å². The van der Waals surface area contributed by atoms with Gasteiger partial charge < -0.3 is 4.74 Å². The monoisotopic (exact) mass is 262 g/mol. The van der Waals surface area contributed by atoms with Crippen LogP contribution in [-0.4, -0.2) is 25.2 Å². The summed E-state index contributed by atoms with van der Waals surface area (Å²) in [4.78, 5) is 11.7. The molecule has 0 amide bonds.